The van der Waals surface area contributed by atoms with Gasteiger partial charge in [0.05, 0.1) is 7.11 Å². The summed E-state index contributed by atoms with van der Waals surface area (Å²) in [5.41, 5.74) is 1.74. The Hall–Kier alpha value is -2.56. The first-order valence-electron chi connectivity index (χ1n) is 7.84. The van der Waals surface area contributed by atoms with E-state index in [1.54, 1.807) is 25.4 Å². The van der Waals surface area contributed by atoms with E-state index in [-0.39, 0.29) is 5.91 Å². The number of carbonyl (C=O) groups excluding carboxylic acids is 1. The van der Waals surface area contributed by atoms with Crippen molar-refractivity contribution in [2.75, 3.05) is 25.5 Å². The average molecular weight is 313 g/mol. The van der Waals surface area contributed by atoms with Gasteiger partial charge in [0.2, 0.25) is 0 Å². The Bertz CT molecular complexity index is 644. The van der Waals surface area contributed by atoms with Gasteiger partial charge in [-0.2, -0.15) is 0 Å². The number of aromatic nitrogens is 1. The molecule has 1 amide bonds. The third kappa shape index (κ3) is 5.29. The van der Waals surface area contributed by atoms with Crippen molar-refractivity contribution in [3.8, 4) is 5.75 Å². The number of methoxy groups -OCH3 is 1. The van der Waals surface area contributed by atoms with Crippen LogP contribution in [0.25, 0.3) is 0 Å². The fraction of sp³-hybridized carbons (Fsp3) is 0.333. The molecule has 0 radical (unpaired) electrons. The van der Waals surface area contributed by atoms with Gasteiger partial charge in [-0.15, -0.1) is 0 Å². The van der Waals surface area contributed by atoms with Crippen molar-refractivity contribution < 1.29 is 9.53 Å². The molecule has 122 valence electrons. The van der Waals surface area contributed by atoms with Crippen molar-refractivity contribution in [2.45, 2.75) is 19.8 Å². The topological polar surface area (TPSA) is 63.2 Å². The van der Waals surface area contributed by atoms with Gasteiger partial charge in [-0.05, 0) is 42.7 Å². The highest BCUT2D eigenvalue weighted by atomic mass is 16.5. The van der Waals surface area contributed by atoms with Crippen LogP contribution < -0.4 is 15.4 Å². The van der Waals surface area contributed by atoms with Gasteiger partial charge in [0.25, 0.3) is 5.91 Å². The van der Waals surface area contributed by atoms with Gasteiger partial charge >= 0.3 is 0 Å². The van der Waals surface area contributed by atoms with Gasteiger partial charge < -0.3 is 15.4 Å². The third-order valence-corrected chi connectivity index (χ3v) is 3.41. The van der Waals surface area contributed by atoms with Crippen LogP contribution in [0.5, 0.6) is 5.75 Å². The van der Waals surface area contributed by atoms with Crippen LogP contribution in [0.15, 0.2) is 42.6 Å². The quantitative estimate of drug-likeness (QED) is 0.786. The smallest absolute Gasteiger partial charge is 0.251 e. The molecule has 5 nitrogen and oxygen atoms in total. The zero-order valence-electron chi connectivity index (χ0n) is 13.6. The number of carbonyl (C=O) groups is 1. The van der Waals surface area contributed by atoms with E-state index in [9.17, 15) is 4.79 Å². The number of nitrogens with zero attached hydrogens (tertiary/aromatic N) is 1. The van der Waals surface area contributed by atoms with E-state index < -0.39 is 0 Å². The van der Waals surface area contributed by atoms with Crippen LogP contribution in [0.1, 0.15) is 29.3 Å². The second-order valence-corrected chi connectivity index (χ2v) is 5.21. The Labute approximate surface area is 137 Å². The second kappa shape index (κ2) is 8.78. The largest absolute Gasteiger partial charge is 0.497 e. The molecule has 0 aliphatic heterocycles. The number of hydrogen-bond donors (Lipinski definition) is 2. The molecular formula is C18H23N3O2. The lowest BCUT2D eigenvalue weighted by Crippen LogP contribution is -2.25. The molecule has 2 rings (SSSR count). The lowest BCUT2D eigenvalue weighted by Gasteiger charge is -2.08. The van der Waals surface area contributed by atoms with Crippen molar-refractivity contribution in [1.82, 2.24) is 10.3 Å². The van der Waals surface area contributed by atoms with Gasteiger partial charge in [0.1, 0.15) is 11.6 Å². The maximum absolute atomic E-state index is 12.2. The van der Waals surface area contributed by atoms with Crippen LogP contribution in [-0.4, -0.2) is 31.1 Å². The predicted octanol–water partition coefficient (Wildman–Crippen LogP) is 2.88. The fourth-order valence-corrected chi connectivity index (χ4v) is 2.17. The summed E-state index contributed by atoms with van der Waals surface area (Å²) in [6.45, 7) is 3.50. The standard InChI is InChI=1S/C18H23N3O2/c1-3-9-19-17-13-15(8-11-20-17)18(22)21-10-7-14-5-4-6-16(12-14)23-2/h4-6,8,11-13H,3,7,9-10H2,1-2H3,(H,19,20)(H,21,22). The molecule has 1 aromatic heterocycles. The number of pyridine rings is 1. The van der Waals surface area contributed by atoms with E-state index in [1.807, 2.05) is 24.3 Å². The molecule has 0 saturated heterocycles. The Morgan fingerprint density at radius 3 is 2.87 bits per heavy atom. The van der Waals surface area contributed by atoms with Gasteiger partial charge in [-0.1, -0.05) is 19.1 Å². The first kappa shape index (κ1) is 16.8. The summed E-state index contributed by atoms with van der Waals surface area (Å²) >= 11 is 0. The van der Waals surface area contributed by atoms with Crippen LogP contribution in [-0.2, 0) is 6.42 Å². The first-order valence-corrected chi connectivity index (χ1v) is 7.84. The predicted molar refractivity (Wildman–Crippen MR) is 92.0 cm³/mol. The molecular weight excluding hydrogens is 290 g/mol. The zero-order valence-corrected chi connectivity index (χ0v) is 13.6. The Kier molecular flexibility index (Phi) is 6.41. The number of ether oxygens (including phenoxy) is 1. The third-order valence-electron chi connectivity index (χ3n) is 3.41. The van der Waals surface area contributed by atoms with E-state index >= 15 is 0 Å². The van der Waals surface area contributed by atoms with Crippen LogP contribution in [0, 0.1) is 0 Å². The summed E-state index contributed by atoms with van der Waals surface area (Å²) in [7, 11) is 1.65. The molecule has 1 aromatic carbocycles. The zero-order chi connectivity index (χ0) is 16.5. The highest BCUT2D eigenvalue weighted by Gasteiger charge is 2.06. The van der Waals surface area contributed by atoms with Crippen molar-refractivity contribution in [3.63, 3.8) is 0 Å². The van der Waals surface area contributed by atoms with Crippen LogP contribution in [0.3, 0.4) is 0 Å². The molecule has 2 N–H and O–H groups in total. The van der Waals surface area contributed by atoms with Crippen LogP contribution in [0.4, 0.5) is 5.82 Å². The molecule has 1 heterocycles. The van der Waals surface area contributed by atoms with Gasteiger partial charge in [0.15, 0.2) is 0 Å². The SMILES string of the molecule is CCCNc1cc(C(=O)NCCc2cccc(OC)c2)ccn1. The van der Waals surface area contributed by atoms with Gasteiger partial charge in [-0.3, -0.25) is 4.79 Å². The molecule has 23 heavy (non-hydrogen) atoms. The van der Waals surface area contributed by atoms with E-state index in [0.29, 0.717) is 12.1 Å². The molecule has 0 bridgehead atoms. The maximum atomic E-state index is 12.2. The lowest BCUT2D eigenvalue weighted by molar-refractivity contribution is 0.0954. The second-order valence-electron chi connectivity index (χ2n) is 5.21. The van der Waals surface area contributed by atoms with Crippen LogP contribution in [0.2, 0.25) is 0 Å². The molecule has 5 heteroatoms. The minimum Gasteiger partial charge on any atom is -0.497 e. The van der Waals surface area contributed by atoms with Crippen molar-refractivity contribution in [1.29, 1.82) is 0 Å². The minimum atomic E-state index is -0.0881. The minimum absolute atomic E-state index is 0.0881. The monoisotopic (exact) mass is 313 g/mol. The number of hydrogen-bond acceptors (Lipinski definition) is 4. The van der Waals surface area contributed by atoms with E-state index in [2.05, 4.69) is 22.5 Å². The average Bonchev–Trinajstić information content (AvgIpc) is 2.60. The maximum Gasteiger partial charge on any atom is 0.251 e. The summed E-state index contributed by atoms with van der Waals surface area (Å²) in [6.07, 6.45) is 3.42. The lowest BCUT2D eigenvalue weighted by atomic mass is 10.1. The van der Waals surface area contributed by atoms with Crippen LogP contribution >= 0.6 is 0 Å². The van der Waals surface area contributed by atoms with E-state index in [1.165, 1.54) is 0 Å². The molecule has 0 aliphatic carbocycles. The van der Waals surface area contributed by atoms with Crippen molar-refractivity contribution in [2.24, 2.45) is 0 Å². The number of anilines is 1. The highest BCUT2D eigenvalue weighted by Crippen LogP contribution is 2.12. The van der Waals surface area contributed by atoms with Gasteiger partial charge in [0, 0.05) is 24.8 Å². The Morgan fingerprint density at radius 2 is 2.09 bits per heavy atom. The molecule has 0 saturated carbocycles. The van der Waals surface area contributed by atoms with Crippen molar-refractivity contribution >= 4 is 11.7 Å². The van der Waals surface area contributed by atoms with E-state index in [4.69, 9.17) is 4.74 Å². The highest BCUT2D eigenvalue weighted by molar-refractivity contribution is 5.94. The number of benzene rings is 1. The van der Waals surface area contributed by atoms with Gasteiger partial charge in [-0.25, -0.2) is 4.98 Å². The van der Waals surface area contributed by atoms with E-state index in [0.717, 1.165) is 36.5 Å². The molecule has 0 aliphatic rings. The molecule has 0 atom stereocenters. The number of amides is 1. The summed E-state index contributed by atoms with van der Waals surface area (Å²) in [5.74, 6) is 1.47. The summed E-state index contributed by atoms with van der Waals surface area (Å²) < 4.78 is 5.20. The normalized spacial score (nSPS) is 10.2. The number of rotatable bonds is 8. The fourth-order valence-electron chi connectivity index (χ4n) is 2.17. The summed E-state index contributed by atoms with van der Waals surface area (Å²) in [6, 6.07) is 11.3. The molecule has 2 aromatic rings. The van der Waals surface area contributed by atoms with Crippen molar-refractivity contribution in [3.05, 3.63) is 53.7 Å². The Morgan fingerprint density at radius 1 is 1.22 bits per heavy atom. The summed E-state index contributed by atoms with van der Waals surface area (Å²) in [4.78, 5) is 16.4. The molecule has 0 unspecified atom stereocenters. The first-order chi connectivity index (χ1) is 11.2. The molecule has 0 spiro atoms. The summed E-state index contributed by atoms with van der Waals surface area (Å²) in [5, 5.41) is 6.11. The Balaban J connectivity index is 1.86. The number of nitrogens with one attached hydrogen (secondary N) is 2. The molecule has 0 fully saturated rings.